The summed E-state index contributed by atoms with van der Waals surface area (Å²) in [6.07, 6.45) is 11.5. The van der Waals surface area contributed by atoms with Gasteiger partial charge in [0.2, 0.25) is 0 Å². The highest BCUT2D eigenvalue weighted by atomic mass is 15.1. The minimum atomic E-state index is 0.989. The molecule has 84 valence electrons. The van der Waals surface area contributed by atoms with Crippen LogP contribution in [0.5, 0.6) is 0 Å². The summed E-state index contributed by atoms with van der Waals surface area (Å²) in [7, 11) is 2.20. The van der Waals surface area contributed by atoms with Crippen molar-refractivity contribution in [2.75, 3.05) is 20.1 Å². The quantitative estimate of drug-likeness (QED) is 0.690. The molecule has 0 aromatic carbocycles. The van der Waals surface area contributed by atoms with Crippen LogP contribution in [0, 0.1) is 0 Å². The lowest BCUT2D eigenvalue weighted by atomic mass is 10.3. The van der Waals surface area contributed by atoms with E-state index in [0.29, 0.717) is 0 Å². The minimum absolute atomic E-state index is 0.989. The number of nitrogens with zero attached hydrogens (tertiary/aromatic N) is 2. The van der Waals surface area contributed by atoms with Gasteiger partial charge >= 0.3 is 0 Å². The third-order valence-electron chi connectivity index (χ3n) is 3.46. The van der Waals surface area contributed by atoms with Gasteiger partial charge in [-0.05, 0) is 44.9 Å². The van der Waals surface area contributed by atoms with Crippen molar-refractivity contribution in [3.05, 3.63) is 11.8 Å². The third kappa shape index (κ3) is 3.08. The molecular formula is C13H22N2. The van der Waals surface area contributed by atoms with Gasteiger partial charge in [-0.15, -0.1) is 0 Å². The molecule has 2 aliphatic carbocycles. The van der Waals surface area contributed by atoms with Crippen molar-refractivity contribution in [1.29, 1.82) is 0 Å². The Morgan fingerprint density at radius 3 is 2.67 bits per heavy atom. The molecule has 0 heterocycles. The van der Waals surface area contributed by atoms with Gasteiger partial charge in [0.1, 0.15) is 0 Å². The Balaban J connectivity index is 1.70. The van der Waals surface area contributed by atoms with Gasteiger partial charge in [-0.25, -0.2) is 0 Å². The maximum atomic E-state index is 4.68. The average molecular weight is 206 g/mol. The fraction of sp³-hybridized carbons (Fsp3) is 0.769. The number of hydrogen-bond donors (Lipinski definition) is 0. The molecule has 1 saturated carbocycles. The first kappa shape index (κ1) is 10.7. The Morgan fingerprint density at radius 1 is 1.20 bits per heavy atom. The lowest BCUT2D eigenvalue weighted by Crippen LogP contribution is -2.20. The van der Waals surface area contributed by atoms with E-state index in [4.69, 9.17) is 0 Å². The van der Waals surface area contributed by atoms with Gasteiger partial charge in [0.25, 0.3) is 0 Å². The highest BCUT2D eigenvalue weighted by Gasteiger charge is 2.10. The van der Waals surface area contributed by atoms with E-state index in [1.807, 2.05) is 0 Å². The van der Waals surface area contributed by atoms with Crippen LogP contribution in [-0.4, -0.2) is 30.7 Å². The normalized spacial score (nSPS) is 20.6. The molecule has 2 rings (SSSR count). The van der Waals surface area contributed by atoms with E-state index in [1.165, 1.54) is 56.4 Å². The summed E-state index contributed by atoms with van der Waals surface area (Å²) in [4.78, 5) is 7.06. The zero-order valence-corrected chi connectivity index (χ0v) is 9.84. The van der Waals surface area contributed by atoms with Crippen LogP contribution < -0.4 is 0 Å². The smallest absolute Gasteiger partial charge is 0.0564 e. The standard InChI is InChI=1S/C13H22N2/c1-15(13-8-4-5-9-13)11-10-14-12-6-2-3-7-12/h8H,2-7,9-11H2,1H3. The number of likely N-dealkylation sites (N-methyl/N-ethyl adjacent to an activating group) is 1. The molecule has 0 aromatic rings. The van der Waals surface area contributed by atoms with E-state index in [-0.39, 0.29) is 0 Å². The molecule has 0 N–H and O–H groups in total. The fourth-order valence-corrected chi connectivity index (χ4v) is 2.44. The Bertz CT molecular complexity index is 258. The molecular weight excluding hydrogens is 184 g/mol. The summed E-state index contributed by atoms with van der Waals surface area (Å²) in [6.45, 7) is 2.08. The van der Waals surface area contributed by atoms with Crippen molar-refractivity contribution in [3.63, 3.8) is 0 Å². The Labute approximate surface area is 93.1 Å². The van der Waals surface area contributed by atoms with Crippen LogP contribution >= 0.6 is 0 Å². The zero-order chi connectivity index (χ0) is 10.5. The van der Waals surface area contributed by atoms with E-state index in [2.05, 4.69) is 23.0 Å². The molecule has 0 spiro atoms. The Kier molecular flexibility index (Phi) is 3.81. The summed E-state index contributed by atoms with van der Waals surface area (Å²) in [6, 6.07) is 0. The molecule has 0 aromatic heterocycles. The molecule has 15 heavy (non-hydrogen) atoms. The highest BCUT2D eigenvalue weighted by Crippen LogP contribution is 2.20. The van der Waals surface area contributed by atoms with Gasteiger partial charge in [-0.1, -0.05) is 6.08 Å². The summed E-state index contributed by atoms with van der Waals surface area (Å²) in [5, 5.41) is 0. The maximum Gasteiger partial charge on any atom is 0.0564 e. The van der Waals surface area contributed by atoms with Crippen LogP contribution in [-0.2, 0) is 0 Å². The third-order valence-corrected chi connectivity index (χ3v) is 3.46. The van der Waals surface area contributed by atoms with Crippen molar-refractivity contribution in [2.45, 2.75) is 44.9 Å². The molecule has 0 unspecified atom stereocenters. The number of aliphatic imine (C=N–C) groups is 1. The van der Waals surface area contributed by atoms with Crippen molar-refractivity contribution in [2.24, 2.45) is 4.99 Å². The van der Waals surface area contributed by atoms with E-state index in [9.17, 15) is 0 Å². The summed E-state index contributed by atoms with van der Waals surface area (Å²) in [5.41, 5.74) is 2.99. The van der Waals surface area contributed by atoms with Crippen molar-refractivity contribution < 1.29 is 0 Å². The SMILES string of the molecule is CN(CCN=C1CCCC1)C1=CCCC1. The second-order valence-electron chi connectivity index (χ2n) is 4.66. The van der Waals surface area contributed by atoms with Gasteiger partial charge < -0.3 is 4.90 Å². The molecule has 0 radical (unpaired) electrons. The number of allylic oxidation sites excluding steroid dienone is 2. The van der Waals surface area contributed by atoms with Crippen LogP contribution in [0.1, 0.15) is 44.9 Å². The molecule has 2 heteroatoms. The summed E-state index contributed by atoms with van der Waals surface area (Å²) >= 11 is 0. The lowest BCUT2D eigenvalue weighted by Gasteiger charge is -2.19. The molecule has 0 bridgehead atoms. The predicted octanol–water partition coefficient (Wildman–Crippen LogP) is 3.00. The van der Waals surface area contributed by atoms with Gasteiger partial charge in [0.15, 0.2) is 0 Å². The van der Waals surface area contributed by atoms with Crippen molar-refractivity contribution >= 4 is 5.71 Å². The van der Waals surface area contributed by atoms with Gasteiger partial charge in [0, 0.05) is 25.0 Å². The van der Waals surface area contributed by atoms with E-state index in [0.717, 1.165) is 13.1 Å². The van der Waals surface area contributed by atoms with Crippen LogP contribution in [0.3, 0.4) is 0 Å². The first-order valence-electron chi connectivity index (χ1n) is 6.28. The van der Waals surface area contributed by atoms with Crippen molar-refractivity contribution in [1.82, 2.24) is 4.90 Å². The first-order valence-corrected chi connectivity index (χ1v) is 6.28. The molecule has 0 aliphatic heterocycles. The topological polar surface area (TPSA) is 15.6 Å². The molecule has 2 aliphatic rings. The molecule has 2 nitrogen and oxygen atoms in total. The monoisotopic (exact) mass is 206 g/mol. The lowest BCUT2D eigenvalue weighted by molar-refractivity contribution is 0.417. The number of hydrogen-bond acceptors (Lipinski definition) is 2. The Morgan fingerprint density at radius 2 is 2.00 bits per heavy atom. The second-order valence-corrected chi connectivity index (χ2v) is 4.66. The fourth-order valence-electron chi connectivity index (χ4n) is 2.44. The maximum absolute atomic E-state index is 4.68. The second kappa shape index (κ2) is 5.34. The van der Waals surface area contributed by atoms with Crippen LogP contribution in [0.15, 0.2) is 16.8 Å². The van der Waals surface area contributed by atoms with Crippen molar-refractivity contribution in [3.8, 4) is 0 Å². The number of rotatable bonds is 4. The molecule has 1 fully saturated rings. The molecule has 0 saturated heterocycles. The Hall–Kier alpha value is -0.790. The largest absolute Gasteiger partial charge is 0.376 e. The zero-order valence-electron chi connectivity index (χ0n) is 9.84. The molecule has 0 atom stereocenters. The van der Waals surface area contributed by atoms with Gasteiger partial charge in [-0.2, -0.15) is 0 Å². The molecule has 0 amide bonds. The minimum Gasteiger partial charge on any atom is -0.376 e. The predicted molar refractivity (Wildman–Crippen MR) is 65.3 cm³/mol. The van der Waals surface area contributed by atoms with E-state index in [1.54, 1.807) is 0 Å². The van der Waals surface area contributed by atoms with Gasteiger partial charge in [-0.3, -0.25) is 4.99 Å². The van der Waals surface area contributed by atoms with E-state index >= 15 is 0 Å². The highest BCUT2D eigenvalue weighted by molar-refractivity contribution is 5.86. The van der Waals surface area contributed by atoms with Crippen LogP contribution in [0.2, 0.25) is 0 Å². The van der Waals surface area contributed by atoms with Crippen LogP contribution in [0.25, 0.3) is 0 Å². The van der Waals surface area contributed by atoms with E-state index < -0.39 is 0 Å². The average Bonchev–Trinajstić information content (AvgIpc) is 2.90. The van der Waals surface area contributed by atoms with Gasteiger partial charge in [0.05, 0.1) is 6.54 Å². The summed E-state index contributed by atoms with van der Waals surface area (Å²) in [5.74, 6) is 0. The van der Waals surface area contributed by atoms with Crippen LogP contribution in [0.4, 0.5) is 0 Å². The first-order chi connectivity index (χ1) is 7.36. The summed E-state index contributed by atoms with van der Waals surface area (Å²) < 4.78 is 0.